The Kier molecular flexibility index (Phi) is 3.48. The summed E-state index contributed by atoms with van der Waals surface area (Å²) in [5.74, 6) is 0. The van der Waals surface area contributed by atoms with Crippen LogP contribution in [-0.4, -0.2) is 40.8 Å². The van der Waals surface area contributed by atoms with Crippen LogP contribution in [0, 0.1) is 0 Å². The van der Waals surface area contributed by atoms with Gasteiger partial charge in [0.1, 0.15) is 17.3 Å². The van der Waals surface area contributed by atoms with E-state index in [0.29, 0.717) is 13.1 Å². The smallest absolute Gasteiger partial charge is 0.410 e. The molecule has 2 saturated heterocycles. The van der Waals surface area contributed by atoms with Crippen LogP contribution in [0.1, 0.15) is 32.9 Å². The number of hydrogen-bond donors (Lipinski definition) is 0. The van der Waals surface area contributed by atoms with Crippen LogP contribution in [0.5, 0.6) is 0 Å². The van der Waals surface area contributed by atoms with Gasteiger partial charge in [-0.15, -0.1) is 0 Å². The van der Waals surface area contributed by atoms with Crippen molar-refractivity contribution in [2.24, 2.45) is 0 Å². The zero-order valence-electron chi connectivity index (χ0n) is 12.4. The molecule has 2 aliphatic rings. The molecule has 2 atom stereocenters. The van der Waals surface area contributed by atoms with E-state index in [1.165, 1.54) is 0 Å². The number of carbonyl (C=O) groups excluding carboxylic acids is 1. The average molecular weight is 355 g/mol. The molecule has 1 aromatic rings. The third-order valence-corrected chi connectivity index (χ3v) is 4.24. The van der Waals surface area contributed by atoms with Gasteiger partial charge < -0.3 is 14.4 Å². The zero-order chi connectivity index (χ0) is 15.3. The summed E-state index contributed by atoms with van der Waals surface area (Å²) >= 11 is 3.38. The Labute approximate surface area is 132 Å². The molecule has 0 N–H and O–H groups in total. The van der Waals surface area contributed by atoms with Crippen molar-refractivity contribution < 1.29 is 14.3 Å². The molecule has 0 spiro atoms. The number of amides is 1. The first-order valence-corrected chi connectivity index (χ1v) is 7.87. The lowest BCUT2D eigenvalue weighted by atomic mass is 9.93. The van der Waals surface area contributed by atoms with E-state index in [1.807, 2.05) is 32.9 Å². The average Bonchev–Trinajstić information content (AvgIpc) is 3.11. The third-order valence-electron chi connectivity index (χ3n) is 3.77. The molecule has 0 radical (unpaired) electrons. The summed E-state index contributed by atoms with van der Waals surface area (Å²) in [5, 5.41) is 0. The highest BCUT2D eigenvalue weighted by Crippen LogP contribution is 2.51. The zero-order valence-corrected chi connectivity index (χ0v) is 14.0. The molecule has 6 heteroatoms. The van der Waals surface area contributed by atoms with Gasteiger partial charge in [0, 0.05) is 23.6 Å². The van der Waals surface area contributed by atoms with E-state index >= 15 is 0 Å². The molecule has 1 amide bonds. The largest absolute Gasteiger partial charge is 0.444 e. The third kappa shape index (κ3) is 2.92. The van der Waals surface area contributed by atoms with Gasteiger partial charge in [0.05, 0.1) is 12.2 Å². The number of nitrogens with zero attached hydrogens (tertiary/aromatic N) is 2. The number of piperidine rings is 1. The summed E-state index contributed by atoms with van der Waals surface area (Å²) in [5.41, 5.74) is 0.169. The highest BCUT2D eigenvalue weighted by molar-refractivity contribution is 9.10. The van der Waals surface area contributed by atoms with E-state index in [9.17, 15) is 4.79 Å². The molecule has 2 fully saturated rings. The van der Waals surface area contributed by atoms with Crippen molar-refractivity contribution in [2.75, 3.05) is 13.1 Å². The van der Waals surface area contributed by atoms with Gasteiger partial charge >= 0.3 is 6.09 Å². The first-order chi connectivity index (χ1) is 9.80. The summed E-state index contributed by atoms with van der Waals surface area (Å²) in [7, 11) is 0. The van der Waals surface area contributed by atoms with Gasteiger partial charge in [0.15, 0.2) is 0 Å². The summed E-state index contributed by atoms with van der Waals surface area (Å²) < 4.78 is 12.2. The van der Waals surface area contributed by atoms with Crippen LogP contribution in [0.2, 0.25) is 0 Å². The Morgan fingerprint density at radius 3 is 2.86 bits per heavy atom. The molecule has 114 valence electrons. The minimum absolute atomic E-state index is 0.0208. The summed E-state index contributed by atoms with van der Waals surface area (Å²) in [6, 6.07) is 3.95. The van der Waals surface area contributed by atoms with Crippen LogP contribution in [0.15, 0.2) is 22.8 Å². The molecule has 0 saturated carbocycles. The van der Waals surface area contributed by atoms with Gasteiger partial charge in [-0.2, -0.15) is 0 Å². The molecule has 0 aliphatic carbocycles. The number of pyridine rings is 1. The Morgan fingerprint density at radius 2 is 2.29 bits per heavy atom. The van der Waals surface area contributed by atoms with Crippen molar-refractivity contribution in [1.82, 2.24) is 9.88 Å². The maximum Gasteiger partial charge on any atom is 0.410 e. The molecule has 0 aromatic carbocycles. The SMILES string of the molecule is CC(C)(C)OC(=O)N1CCC2(c3ccc(Br)cn3)OC2C1. The summed E-state index contributed by atoms with van der Waals surface area (Å²) in [6.07, 6.45) is 2.29. The van der Waals surface area contributed by atoms with Crippen LogP contribution in [-0.2, 0) is 15.1 Å². The number of epoxide rings is 1. The van der Waals surface area contributed by atoms with Crippen molar-refractivity contribution in [3.05, 3.63) is 28.5 Å². The molecular weight excluding hydrogens is 336 g/mol. The quantitative estimate of drug-likeness (QED) is 0.727. The first-order valence-electron chi connectivity index (χ1n) is 7.08. The lowest BCUT2D eigenvalue weighted by molar-refractivity contribution is 0.0217. The number of likely N-dealkylation sites (tertiary alicyclic amines) is 1. The number of aromatic nitrogens is 1. The number of rotatable bonds is 1. The molecule has 1 aromatic heterocycles. The van der Waals surface area contributed by atoms with E-state index < -0.39 is 5.60 Å². The van der Waals surface area contributed by atoms with Gasteiger partial charge in [-0.05, 0) is 48.8 Å². The Hall–Kier alpha value is -1.14. The second-order valence-corrected chi connectivity index (χ2v) is 7.45. The summed E-state index contributed by atoms with van der Waals surface area (Å²) in [4.78, 5) is 18.3. The van der Waals surface area contributed by atoms with Gasteiger partial charge in [0.25, 0.3) is 0 Å². The Bertz CT molecular complexity index is 555. The maximum absolute atomic E-state index is 12.1. The predicted molar refractivity (Wildman–Crippen MR) is 80.9 cm³/mol. The Morgan fingerprint density at radius 1 is 1.52 bits per heavy atom. The summed E-state index contributed by atoms with van der Waals surface area (Å²) in [6.45, 7) is 6.81. The lowest BCUT2D eigenvalue weighted by Crippen LogP contribution is -2.44. The monoisotopic (exact) mass is 354 g/mol. The van der Waals surface area contributed by atoms with Crippen LogP contribution >= 0.6 is 15.9 Å². The second-order valence-electron chi connectivity index (χ2n) is 6.53. The van der Waals surface area contributed by atoms with Crippen molar-refractivity contribution in [1.29, 1.82) is 0 Å². The van der Waals surface area contributed by atoms with Crippen LogP contribution in [0.4, 0.5) is 4.79 Å². The minimum atomic E-state index is -0.469. The van der Waals surface area contributed by atoms with E-state index in [4.69, 9.17) is 9.47 Å². The molecular formula is C15H19BrN2O3. The minimum Gasteiger partial charge on any atom is -0.444 e. The highest BCUT2D eigenvalue weighted by atomic mass is 79.9. The van der Waals surface area contributed by atoms with E-state index in [1.54, 1.807) is 11.1 Å². The fourth-order valence-corrected chi connectivity index (χ4v) is 2.92. The number of hydrogen-bond acceptors (Lipinski definition) is 4. The van der Waals surface area contributed by atoms with Gasteiger partial charge in [-0.1, -0.05) is 0 Å². The van der Waals surface area contributed by atoms with Crippen molar-refractivity contribution >= 4 is 22.0 Å². The molecule has 5 nitrogen and oxygen atoms in total. The molecule has 2 unspecified atom stereocenters. The topological polar surface area (TPSA) is 55.0 Å². The Balaban J connectivity index is 1.65. The highest BCUT2D eigenvalue weighted by Gasteiger charge is 2.61. The normalized spacial score (nSPS) is 28.0. The van der Waals surface area contributed by atoms with Crippen molar-refractivity contribution in [2.45, 2.75) is 44.5 Å². The number of carbonyl (C=O) groups is 1. The first kappa shape index (κ1) is 14.8. The van der Waals surface area contributed by atoms with Gasteiger partial charge in [-0.3, -0.25) is 4.98 Å². The fourth-order valence-electron chi connectivity index (χ4n) is 2.69. The van der Waals surface area contributed by atoms with Gasteiger partial charge in [0.2, 0.25) is 0 Å². The molecule has 3 heterocycles. The lowest BCUT2D eigenvalue weighted by Gasteiger charge is -2.30. The van der Waals surface area contributed by atoms with Crippen molar-refractivity contribution in [3.8, 4) is 0 Å². The van der Waals surface area contributed by atoms with Crippen LogP contribution in [0.3, 0.4) is 0 Å². The van der Waals surface area contributed by atoms with E-state index in [0.717, 1.165) is 16.6 Å². The standard InChI is InChI=1S/C15H19BrN2O3/c1-14(2,3)21-13(19)18-7-6-15(12(9-18)20-15)11-5-4-10(16)8-17-11/h4-5,8,12H,6-7,9H2,1-3H3. The number of halogens is 1. The van der Waals surface area contributed by atoms with E-state index in [2.05, 4.69) is 20.9 Å². The van der Waals surface area contributed by atoms with Crippen LogP contribution < -0.4 is 0 Å². The maximum atomic E-state index is 12.1. The van der Waals surface area contributed by atoms with E-state index in [-0.39, 0.29) is 17.8 Å². The molecule has 21 heavy (non-hydrogen) atoms. The number of fused-ring (bicyclic) bond motifs is 1. The predicted octanol–water partition coefficient (Wildman–Crippen LogP) is 3.08. The van der Waals surface area contributed by atoms with Crippen molar-refractivity contribution in [3.63, 3.8) is 0 Å². The molecule has 0 bridgehead atoms. The van der Waals surface area contributed by atoms with Crippen LogP contribution in [0.25, 0.3) is 0 Å². The fraction of sp³-hybridized carbons (Fsp3) is 0.600. The van der Waals surface area contributed by atoms with Gasteiger partial charge in [-0.25, -0.2) is 4.79 Å². The molecule has 2 aliphatic heterocycles. The second kappa shape index (κ2) is 4.95. The molecule has 3 rings (SSSR count). The number of ether oxygens (including phenoxy) is 2.